The number of aromatic nitrogens is 1. The van der Waals surface area contributed by atoms with Gasteiger partial charge in [-0.1, -0.05) is 84.2 Å². The monoisotopic (exact) mass is 501 g/mol. The predicted molar refractivity (Wildman–Crippen MR) is 152 cm³/mol. The molecule has 0 spiro atoms. The van der Waals surface area contributed by atoms with E-state index in [2.05, 4.69) is 53.9 Å². The molecule has 0 saturated heterocycles. The molecule has 2 aromatic rings. The van der Waals surface area contributed by atoms with E-state index in [0.717, 1.165) is 38.9 Å². The molecule has 5 nitrogen and oxygen atoms in total. The SMILES string of the molecule is C/C=C\C(=C/C)c1ccccc1CN1C=C(C(C)(C)O)C(O)c2sc(NCC3=CCC=CC=C3)nc21. The molecule has 1 aliphatic heterocycles. The highest BCUT2D eigenvalue weighted by Crippen LogP contribution is 2.45. The predicted octanol–water partition coefficient (Wildman–Crippen LogP) is 6.69. The number of nitrogens with zero attached hydrogens (tertiary/aromatic N) is 2. The van der Waals surface area contributed by atoms with Crippen LogP contribution in [0.3, 0.4) is 0 Å². The Balaban J connectivity index is 1.68. The number of fused-ring (bicyclic) bond motifs is 1. The van der Waals surface area contributed by atoms with Crippen molar-refractivity contribution in [3.05, 3.63) is 106 Å². The van der Waals surface area contributed by atoms with Gasteiger partial charge < -0.3 is 20.4 Å². The first-order valence-corrected chi connectivity index (χ1v) is 13.2. The first-order chi connectivity index (χ1) is 17.3. The van der Waals surface area contributed by atoms with Crippen LogP contribution in [0.15, 0.2) is 90.2 Å². The van der Waals surface area contributed by atoms with E-state index >= 15 is 0 Å². The topological polar surface area (TPSA) is 68.6 Å². The molecule has 1 atom stereocenters. The molecule has 0 saturated carbocycles. The Morgan fingerprint density at radius 2 is 2.06 bits per heavy atom. The Labute approximate surface area is 218 Å². The van der Waals surface area contributed by atoms with Crippen molar-refractivity contribution in [1.82, 2.24) is 4.98 Å². The summed E-state index contributed by atoms with van der Waals surface area (Å²) in [7, 11) is 0. The van der Waals surface area contributed by atoms with Crippen LogP contribution in [0.1, 0.15) is 56.2 Å². The number of aliphatic hydroxyl groups is 2. The fourth-order valence-corrected chi connectivity index (χ4v) is 5.39. The average molecular weight is 502 g/mol. The normalized spacial score (nSPS) is 18.2. The zero-order valence-corrected chi connectivity index (χ0v) is 22.2. The number of hydrogen-bond donors (Lipinski definition) is 3. The van der Waals surface area contributed by atoms with Gasteiger partial charge in [0, 0.05) is 24.9 Å². The molecule has 1 aliphatic carbocycles. The van der Waals surface area contributed by atoms with Crippen LogP contribution < -0.4 is 10.2 Å². The van der Waals surface area contributed by atoms with E-state index in [1.54, 1.807) is 13.8 Å². The van der Waals surface area contributed by atoms with Gasteiger partial charge in [-0.25, -0.2) is 4.98 Å². The fourth-order valence-electron chi connectivity index (χ4n) is 4.41. The molecule has 6 heteroatoms. The third kappa shape index (κ3) is 5.78. The van der Waals surface area contributed by atoms with Gasteiger partial charge in [0.1, 0.15) is 6.10 Å². The van der Waals surface area contributed by atoms with Crippen molar-refractivity contribution in [2.24, 2.45) is 0 Å². The molecule has 1 aromatic carbocycles. The largest absolute Gasteiger partial charge is 0.386 e. The van der Waals surface area contributed by atoms with Gasteiger partial charge in [-0.3, -0.25) is 0 Å². The number of benzene rings is 1. The Morgan fingerprint density at radius 3 is 2.81 bits per heavy atom. The molecule has 36 heavy (non-hydrogen) atoms. The van der Waals surface area contributed by atoms with E-state index in [4.69, 9.17) is 4.98 Å². The Bertz CT molecular complexity index is 1270. The molecule has 0 amide bonds. The first-order valence-electron chi connectivity index (χ1n) is 12.3. The lowest BCUT2D eigenvalue weighted by atomic mass is 9.91. The van der Waals surface area contributed by atoms with E-state index in [0.29, 0.717) is 18.7 Å². The number of nitrogens with one attached hydrogen (secondary N) is 1. The standard InChI is InChI=1S/C30H35N3O2S/c1-5-13-22(6-2)24-17-12-11-16-23(24)19-33-20-25(30(3,4)35)26(34)27-28(33)32-29(36-27)31-18-21-14-9-7-8-10-15-21/h5-9,11-17,20,26,34-35H,10,18-19H2,1-4H3,(H,31,32)/b13-5-,22-6+. The van der Waals surface area contributed by atoms with Crippen LogP contribution >= 0.6 is 11.3 Å². The van der Waals surface area contributed by atoms with Gasteiger partial charge in [0.05, 0.1) is 10.5 Å². The van der Waals surface area contributed by atoms with Gasteiger partial charge in [-0.2, -0.15) is 0 Å². The third-order valence-corrected chi connectivity index (χ3v) is 7.35. The van der Waals surface area contributed by atoms with E-state index in [-0.39, 0.29) is 0 Å². The summed E-state index contributed by atoms with van der Waals surface area (Å²) in [5.41, 5.74) is 4.02. The number of thiazole rings is 1. The molecule has 188 valence electrons. The number of allylic oxidation sites excluding steroid dienone is 8. The summed E-state index contributed by atoms with van der Waals surface area (Å²) in [6, 6.07) is 8.34. The molecule has 2 aliphatic rings. The van der Waals surface area contributed by atoms with E-state index in [9.17, 15) is 10.2 Å². The smallest absolute Gasteiger partial charge is 0.185 e. The molecule has 0 radical (unpaired) electrons. The van der Waals surface area contributed by atoms with Crippen molar-refractivity contribution in [1.29, 1.82) is 0 Å². The summed E-state index contributed by atoms with van der Waals surface area (Å²) in [5, 5.41) is 26.2. The van der Waals surface area contributed by atoms with Crippen molar-refractivity contribution in [2.45, 2.75) is 52.4 Å². The summed E-state index contributed by atoms with van der Waals surface area (Å²) in [4.78, 5) is 7.67. The summed E-state index contributed by atoms with van der Waals surface area (Å²) in [6.45, 7) is 8.70. The van der Waals surface area contributed by atoms with E-state index in [1.165, 1.54) is 16.9 Å². The second-order valence-corrected chi connectivity index (χ2v) is 10.5. The molecule has 1 unspecified atom stereocenters. The second kappa shape index (κ2) is 11.2. The quantitative estimate of drug-likeness (QED) is 0.352. The van der Waals surface area contributed by atoms with Gasteiger partial charge in [0.2, 0.25) is 0 Å². The van der Waals surface area contributed by atoms with Crippen LogP contribution in [0.2, 0.25) is 0 Å². The minimum absolute atomic E-state index is 0.558. The molecule has 1 aromatic heterocycles. The van der Waals surface area contributed by atoms with Gasteiger partial charge in [0.25, 0.3) is 0 Å². The van der Waals surface area contributed by atoms with Gasteiger partial charge in [0.15, 0.2) is 10.9 Å². The molecule has 0 fully saturated rings. The number of aliphatic hydroxyl groups excluding tert-OH is 1. The Morgan fingerprint density at radius 1 is 1.25 bits per heavy atom. The average Bonchev–Trinajstić information content (AvgIpc) is 3.12. The summed E-state index contributed by atoms with van der Waals surface area (Å²) < 4.78 is 0. The van der Waals surface area contributed by atoms with Gasteiger partial charge in [-0.15, -0.1) is 0 Å². The van der Waals surface area contributed by atoms with Crippen LogP contribution in [-0.4, -0.2) is 27.3 Å². The maximum Gasteiger partial charge on any atom is 0.185 e. The maximum absolute atomic E-state index is 11.2. The lowest BCUT2D eigenvalue weighted by Crippen LogP contribution is -2.33. The van der Waals surface area contributed by atoms with Crippen molar-refractivity contribution in [3.8, 4) is 0 Å². The number of hydrogen-bond acceptors (Lipinski definition) is 6. The van der Waals surface area contributed by atoms with Crippen molar-refractivity contribution >= 4 is 27.9 Å². The van der Waals surface area contributed by atoms with Crippen LogP contribution in [0, 0.1) is 0 Å². The number of rotatable bonds is 8. The molecular formula is C30H35N3O2S. The minimum Gasteiger partial charge on any atom is -0.386 e. The molecule has 4 rings (SSSR count). The highest BCUT2D eigenvalue weighted by atomic mass is 32.1. The van der Waals surface area contributed by atoms with Crippen LogP contribution in [0.25, 0.3) is 5.57 Å². The van der Waals surface area contributed by atoms with Gasteiger partial charge in [-0.05, 0) is 56.4 Å². The lowest BCUT2D eigenvalue weighted by Gasteiger charge is -2.34. The van der Waals surface area contributed by atoms with Crippen molar-refractivity contribution < 1.29 is 10.2 Å². The molecule has 2 heterocycles. The molecule has 0 bridgehead atoms. The molecular weight excluding hydrogens is 466 g/mol. The first kappa shape index (κ1) is 25.9. The second-order valence-electron chi connectivity index (χ2n) is 9.44. The lowest BCUT2D eigenvalue weighted by molar-refractivity contribution is 0.0797. The Hall–Kier alpha value is -3.19. The summed E-state index contributed by atoms with van der Waals surface area (Å²) in [6.07, 6.45) is 18.6. The maximum atomic E-state index is 11.2. The third-order valence-electron chi connectivity index (χ3n) is 6.29. The van der Waals surface area contributed by atoms with E-state index in [1.807, 2.05) is 49.2 Å². The Kier molecular flexibility index (Phi) is 8.09. The highest BCUT2D eigenvalue weighted by Gasteiger charge is 2.36. The van der Waals surface area contributed by atoms with E-state index < -0.39 is 11.7 Å². The summed E-state index contributed by atoms with van der Waals surface area (Å²) >= 11 is 1.44. The minimum atomic E-state index is -1.17. The van der Waals surface area contributed by atoms with Crippen molar-refractivity contribution in [3.63, 3.8) is 0 Å². The van der Waals surface area contributed by atoms with Crippen molar-refractivity contribution in [2.75, 3.05) is 16.8 Å². The molecule has 3 N–H and O–H groups in total. The zero-order chi connectivity index (χ0) is 25.7. The summed E-state index contributed by atoms with van der Waals surface area (Å²) in [5.74, 6) is 0.720. The van der Waals surface area contributed by atoms with Crippen LogP contribution in [0.5, 0.6) is 0 Å². The number of anilines is 2. The van der Waals surface area contributed by atoms with Gasteiger partial charge >= 0.3 is 0 Å². The zero-order valence-electron chi connectivity index (χ0n) is 21.4. The van der Waals surface area contributed by atoms with Crippen LogP contribution in [0.4, 0.5) is 10.9 Å². The fraction of sp³-hybridized carbons (Fsp3) is 0.300. The van der Waals surface area contributed by atoms with Crippen LogP contribution in [-0.2, 0) is 6.54 Å². The highest BCUT2D eigenvalue weighted by molar-refractivity contribution is 7.16.